The van der Waals surface area contributed by atoms with E-state index in [-0.39, 0.29) is 6.04 Å². The number of aromatic nitrogens is 1. The number of hydrogen-bond acceptors (Lipinski definition) is 4. The summed E-state index contributed by atoms with van der Waals surface area (Å²) < 4.78 is 11.4. The summed E-state index contributed by atoms with van der Waals surface area (Å²) >= 11 is 0. The molecule has 2 aromatic rings. The van der Waals surface area contributed by atoms with Crippen LogP contribution in [0.3, 0.4) is 0 Å². The standard InChI is InChI=1S/C16H18N2O2/c1-17-16(13-5-2-3-8-18-13)12-6-7-14-15(11-12)20-10-4-9-19-14/h2-3,5-8,11,16-17H,4,9-10H2,1H3. The molecule has 2 heterocycles. The molecule has 1 unspecified atom stereocenters. The van der Waals surface area contributed by atoms with E-state index in [1.54, 1.807) is 0 Å². The molecule has 1 aliphatic rings. The molecule has 0 saturated heterocycles. The smallest absolute Gasteiger partial charge is 0.161 e. The molecule has 1 aromatic carbocycles. The van der Waals surface area contributed by atoms with Gasteiger partial charge >= 0.3 is 0 Å². The summed E-state index contributed by atoms with van der Waals surface area (Å²) in [4.78, 5) is 4.42. The first-order valence-corrected chi connectivity index (χ1v) is 6.86. The first kappa shape index (κ1) is 12.9. The molecule has 0 radical (unpaired) electrons. The molecule has 20 heavy (non-hydrogen) atoms. The highest BCUT2D eigenvalue weighted by molar-refractivity contribution is 5.45. The van der Waals surface area contributed by atoms with Crippen molar-refractivity contribution in [3.8, 4) is 11.5 Å². The van der Waals surface area contributed by atoms with Gasteiger partial charge in [-0.15, -0.1) is 0 Å². The molecule has 3 rings (SSSR count). The first-order chi connectivity index (χ1) is 9.88. The van der Waals surface area contributed by atoms with E-state index >= 15 is 0 Å². The summed E-state index contributed by atoms with van der Waals surface area (Å²) in [6, 6.07) is 12.1. The van der Waals surface area contributed by atoms with Crippen LogP contribution in [-0.4, -0.2) is 25.2 Å². The molecule has 0 aliphatic carbocycles. The van der Waals surface area contributed by atoms with Gasteiger partial charge in [-0.05, 0) is 36.9 Å². The minimum absolute atomic E-state index is 0.0494. The van der Waals surface area contributed by atoms with E-state index in [0.717, 1.165) is 29.2 Å². The number of ether oxygens (including phenoxy) is 2. The number of rotatable bonds is 3. The molecule has 4 heteroatoms. The maximum absolute atomic E-state index is 5.75. The summed E-state index contributed by atoms with van der Waals surface area (Å²) in [5.74, 6) is 1.64. The molecule has 0 amide bonds. The Morgan fingerprint density at radius 1 is 1.10 bits per heavy atom. The molecule has 0 spiro atoms. The third-order valence-corrected chi connectivity index (χ3v) is 3.38. The van der Waals surface area contributed by atoms with Gasteiger partial charge in [0.1, 0.15) is 0 Å². The molecule has 104 valence electrons. The van der Waals surface area contributed by atoms with Crippen molar-refractivity contribution in [3.05, 3.63) is 53.9 Å². The van der Waals surface area contributed by atoms with Gasteiger partial charge in [0.25, 0.3) is 0 Å². The third-order valence-electron chi connectivity index (χ3n) is 3.38. The van der Waals surface area contributed by atoms with Gasteiger partial charge in [0, 0.05) is 12.6 Å². The van der Waals surface area contributed by atoms with Gasteiger partial charge in [0.15, 0.2) is 11.5 Å². The number of nitrogens with zero attached hydrogens (tertiary/aromatic N) is 1. The predicted octanol–water partition coefficient (Wildman–Crippen LogP) is 2.55. The molecule has 1 aliphatic heterocycles. The summed E-state index contributed by atoms with van der Waals surface area (Å²) in [6.07, 6.45) is 2.72. The highest BCUT2D eigenvalue weighted by Crippen LogP contribution is 2.33. The monoisotopic (exact) mass is 270 g/mol. The lowest BCUT2D eigenvalue weighted by molar-refractivity contribution is 0.297. The van der Waals surface area contributed by atoms with Crippen LogP contribution >= 0.6 is 0 Å². The number of benzene rings is 1. The summed E-state index contributed by atoms with van der Waals surface area (Å²) in [5, 5.41) is 3.30. The second-order valence-corrected chi connectivity index (χ2v) is 4.73. The molecule has 0 bridgehead atoms. The second kappa shape index (κ2) is 5.92. The van der Waals surface area contributed by atoms with Gasteiger partial charge in [-0.25, -0.2) is 0 Å². The summed E-state index contributed by atoms with van der Waals surface area (Å²) in [5.41, 5.74) is 2.11. The van der Waals surface area contributed by atoms with Gasteiger partial charge in [0.2, 0.25) is 0 Å². The summed E-state index contributed by atoms with van der Waals surface area (Å²) in [6.45, 7) is 1.41. The Hall–Kier alpha value is -2.07. The minimum Gasteiger partial charge on any atom is -0.490 e. The zero-order chi connectivity index (χ0) is 13.8. The van der Waals surface area contributed by atoms with Crippen LogP contribution in [0, 0.1) is 0 Å². The van der Waals surface area contributed by atoms with Crippen molar-refractivity contribution in [1.29, 1.82) is 0 Å². The van der Waals surface area contributed by atoms with Gasteiger partial charge < -0.3 is 14.8 Å². The highest BCUT2D eigenvalue weighted by atomic mass is 16.5. The quantitative estimate of drug-likeness (QED) is 0.931. The third kappa shape index (κ3) is 2.60. The highest BCUT2D eigenvalue weighted by Gasteiger charge is 2.17. The molecule has 1 aromatic heterocycles. The minimum atomic E-state index is 0.0494. The van der Waals surface area contributed by atoms with E-state index in [9.17, 15) is 0 Å². The van der Waals surface area contributed by atoms with Crippen LogP contribution in [0.2, 0.25) is 0 Å². The molecular weight excluding hydrogens is 252 g/mol. The lowest BCUT2D eigenvalue weighted by Crippen LogP contribution is -2.18. The van der Waals surface area contributed by atoms with E-state index in [4.69, 9.17) is 9.47 Å². The van der Waals surface area contributed by atoms with Crippen LogP contribution in [0.4, 0.5) is 0 Å². The van der Waals surface area contributed by atoms with Gasteiger partial charge in [0.05, 0.1) is 24.9 Å². The van der Waals surface area contributed by atoms with Crippen LogP contribution in [0.5, 0.6) is 11.5 Å². The Morgan fingerprint density at radius 3 is 2.70 bits per heavy atom. The molecular formula is C16H18N2O2. The zero-order valence-corrected chi connectivity index (χ0v) is 11.5. The van der Waals surface area contributed by atoms with Gasteiger partial charge in [-0.3, -0.25) is 4.98 Å². The Bertz CT molecular complexity index is 572. The molecule has 0 saturated carbocycles. The van der Waals surface area contributed by atoms with Gasteiger partial charge in [-0.1, -0.05) is 12.1 Å². The first-order valence-electron chi connectivity index (χ1n) is 6.86. The molecule has 0 fully saturated rings. The SMILES string of the molecule is CNC(c1ccc2c(c1)OCCCO2)c1ccccn1. The normalized spacial score (nSPS) is 15.4. The van der Waals surface area contributed by atoms with Crippen molar-refractivity contribution in [3.63, 3.8) is 0 Å². The Labute approximate surface area is 118 Å². The molecule has 1 atom stereocenters. The Kier molecular flexibility index (Phi) is 3.83. The second-order valence-electron chi connectivity index (χ2n) is 4.73. The topological polar surface area (TPSA) is 43.4 Å². The van der Waals surface area contributed by atoms with Gasteiger partial charge in [-0.2, -0.15) is 0 Å². The lowest BCUT2D eigenvalue weighted by Gasteiger charge is -2.17. The van der Waals surface area contributed by atoms with E-state index in [1.165, 1.54) is 0 Å². The van der Waals surface area contributed by atoms with E-state index in [2.05, 4.69) is 16.4 Å². The molecule has 4 nitrogen and oxygen atoms in total. The average Bonchev–Trinajstić information content (AvgIpc) is 2.74. The van der Waals surface area contributed by atoms with Crippen LogP contribution in [0.25, 0.3) is 0 Å². The van der Waals surface area contributed by atoms with E-state index in [1.807, 2.05) is 43.6 Å². The van der Waals surface area contributed by atoms with Crippen molar-refractivity contribution in [2.24, 2.45) is 0 Å². The maximum Gasteiger partial charge on any atom is 0.161 e. The van der Waals surface area contributed by atoms with Crippen molar-refractivity contribution in [2.75, 3.05) is 20.3 Å². The number of fused-ring (bicyclic) bond motifs is 1. The van der Waals surface area contributed by atoms with Crippen LogP contribution < -0.4 is 14.8 Å². The Morgan fingerprint density at radius 2 is 1.95 bits per heavy atom. The zero-order valence-electron chi connectivity index (χ0n) is 11.5. The summed E-state index contributed by atoms with van der Waals surface area (Å²) in [7, 11) is 1.93. The van der Waals surface area contributed by atoms with E-state index in [0.29, 0.717) is 13.2 Å². The van der Waals surface area contributed by atoms with Crippen molar-refractivity contribution >= 4 is 0 Å². The van der Waals surface area contributed by atoms with Crippen molar-refractivity contribution in [2.45, 2.75) is 12.5 Å². The largest absolute Gasteiger partial charge is 0.490 e. The maximum atomic E-state index is 5.75. The lowest BCUT2D eigenvalue weighted by atomic mass is 10.0. The van der Waals surface area contributed by atoms with Crippen LogP contribution in [-0.2, 0) is 0 Å². The fourth-order valence-corrected chi connectivity index (χ4v) is 2.39. The van der Waals surface area contributed by atoms with Crippen LogP contribution in [0.15, 0.2) is 42.6 Å². The van der Waals surface area contributed by atoms with Crippen LogP contribution in [0.1, 0.15) is 23.7 Å². The van der Waals surface area contributed by atoms with E-state index < -0.39 is 0 Å². The Balaban J connectivity index is 1.94. The number of nitrogens with one attached hydrogen (secondary N) is 1. The molecule has 1 N–H and O–H groups in total. The predicted molar refractivity (Wildman–Crippen MR) is 77.2 cm³/mol. The van der Waals surface area contributed by atoms with Crippen molar-refractivity contribution < 1.29 is 9.47 Å². The number of hydrogen-bond donors (Lipinski definition) is 1. The average molecular weight is 270 g/mol. The fourth-order valence-electron chi connectivity index (χ4n) is 2.39. The number of pyridine rings is 1. The van der Waals surface area contributed by atoms with Crippen molar-refractivity contribution in [1.82, 2.24) is 10.3 Å². The fraction of sp³-hybridized carbons (Fsp3) is 0.312.